The lowest BCUT2D eigenvalue weighted by atomic mass is 9.96. The van der Waals surface area contributed by atoms with Crippen molar-refractivity contribution in [3.8, 4) is 5.69 Å². The number of benzene rings is 1. The van der Waals surface area contributed by atoms with Crippen molar-refractivity contribution in [3.05, 3.63) is 65.9 Å². The molecule has 0 bridgehead atoms. The highest BCUT2D eigenvalue weighted by molar-refractivity contribution is 5.53. The molecule has 2 N–H and O–H groups in total. The van der Waals surface area contributed by atoms with E-state index >= 15 is 0 Å². The summed E-state index contributed by atoms with van der Waals surface area (Å²) in [6.45, 7) is 7.11. The van der Waals surface area contributed by atoms with E-state index in [-0.39, 0.29) is 0 Å². The highest BCUT2D eigenvalue weighted by Gasteiger charge is 2.19. The van der Waals surface area contributed by atoms with Crippen LogP contribution in [0.3, 0.4) is 0 Å². The second kappa shape index (κ2) is 9.08. The zero-order valence-corrected chi connectivity index (χ0v) is 18.7. The molecule has 0 radical (unpaired) electrons. The van der Waals surface area contributed by atoms with E-state index in [0.717, 1.165) is 53.7 Å². The Bertz CT molecular complexity index is 1170. The average Bonchev–Trinajstić information content (AvgIpc) is 3.49. The predicted octanol–water partition coefficient (Wildman–Crippen LogP) is 3.59. The molecule has 1 fully saturated rings. The van der Waals surface area contributed by atoms with E-state index in [1.54, 1.807) is 6.20 Å². The fourth-order valence-corrected chi connectivity index (χ4v) is 4.38. The van der Waals surface area contributed by atoms with Crippen LogP contribution >= 0.6 is 0 Å². The smallest absolute Gasteiger partial charge is 0.227 e. The van der Waals surface area contributed by atoms with E-state index in [4.69, 9.17) is 9.97 Å². The molecule has 1 atom stereocenters. The second-order valence-electron chi connectivity index (χ2n) is 8.80. The molecule has 1 aliphatic rings. The van der Waals surface area contributed by atoms with Gasteiger partial charge in [-0.25, -0.2) is 9.67 Å². The van der Waals surface area contributed by atoms with Gasteiger partial charge in [-0.05, 0) is 55.5 Å². The Kier molecular flexibility index (Phi) is 5.85. The van der Waals surface area contributed by atoms with Crippen molar-refractivity contribution < 1.29 is 0 Å². The van der Waals surface area contributed by atoms with Crippen LogP contribution in [0.15, 0.2) is 48.9 Å². The van der Waals surface area contributed by atoms with E-state index < -0.39 is 0 Å². The quantitative estimate of drug-likeness (QED) is 0.466. The number of para-hydroxylation sites is 1. The van der Waals surface area contributed by atoms with Crippen molar-refractivity contribution in [2.75, 3.05) is 18.4 Å². The molecule has 166 valence electrons. The van der Waals surface area contributed by atoms with Crippen LogP contribution in [-0.4, -0.2) is 42.5 Å². The number of nitrogens with zero attached hydrogens (tertiary/aromatic N) is 6. The number of anilines is 1. The van der Waals surface area contributed by atoms with Crippen LogP contribution in [0.25, 0.3) is 11.3 Å². The molecule has 8 nitrogen and oxygen atoms in total. The van der Waals surface area contributed by atoms with Crippen LogP contribution in [0.4, 0.5) is 5.95 Å². The summed E-state index contributed by atoms with van der Waals surface area (Å²) in [4.78, 5) is 9.84. The van der Waals surface area contributed by atoms with Gasteiger partial charge in [-0.1, -0.05) is 32.0 Å². The van der Waals surface area contributed by atoms with Crippen molar-refractivity contribution in [2.24, 2.45) is 5.92 Å². The zero-order valence-electron chi connectivity index (χ0n) is 18.7. The highest BCUT2D eigenvalue weighted by Crippen LogP contribution is 2.23. The van der Waals surface area contributed by atoms with Gasteiger partial charge in [-0.15, -0.1) is 0 Å². The van der Waals surface area contributed by atoms with Crippen molar-refractivity contribution in [3.63, 3.8) is 0 Å². The number of hydrogen-bond donors (Lipinski definition) is 2. The summed E-state index contributed by atoms with van der Waals surface area (Å²) in [5, 5.41) is 16.0. The van der Waals surface area contributed by atoms with Crippen LogP contribution in [0, 0.1) is 5.92 Å². The summed E-state index contributed by atoms with van der Waals surface area (Å²) in [5.74, 6) is 2.54. The van der Waals surface area contributed by atoms with Crippen molar-refractivity contribution >= 4 is 11.6 Å². The maximum Gasteiger partial charge on any atom is 0.227 e. The predicted molar refractivity (Wildman–Crippen MR) is 125 cm³/mol. The lowest BCUT2D eigenvalue weighted by Crippen LogP contribution is -2.31. The third-order valence-electron chi connectivity index (χ3n) is 6.11. The van der Waals surface area contributed by atoms with E-state index in [1.807, 2.05) is 39.8 Å². The van der Waals surface area contributed by atoms with Crippen molar-refractivity contribution in [2.45, 2.75) is 45.6 Å². The molecule has 5 rings (SSSR count). The summed E-state index contributed by atoms with van der Waals surface area (Å²) < 4.78 is 3.73. The Morgan fingerprint density at radius 2 is 2.06 bits per heavy atom. The van der Waals surface area contributed by atoms with Crippen molar-refractivity contribution in [1.29, 1.82) is 0 Å². The van der Waals surface area contributed by atoms with E-state index in [9.17, 15) is 0 Å². The molecule has 0 spiro atoms. The average molecular weight is 431 g/mol. The minimum absolute atomic E-state index is 0.347. The van der Waals surface area contributed by atoms with Gasteiger partial charge in [0.25, 0.3) is 0 Å². The molecular formula is C24H30N8. The van der Waals surface area contributed by atoms with E-state index in [0.29, 0.717) is 18.4 Å². The maximum absolute atomic E-state index is 4.93. The Morgan fingerprint density at radius 3 is 2.84 bits per heavy atom. The Hall–Kier alpha value is -3.26. The third kappa shape index (κ3) is 4.23. The number of rotatable bonds is 7. The minimum atomic E-state index is 0.347. The van der Waals surface area contributed by atoms with Crippen LogP contribution in [0.1, 0.15) is 49.6 Å². The molecule has 32 heavy (non-hydrogen) atoms. The first-order valence-corrected chi connectivity index (χ1v) is 11.5. The SMILES string of the molecule is CC(C)c1cnn2c(NCc3ccccc3-n3cccn3)nc(CC3CCCNC3)nc12. The van der Waals surface area contributed by atoms with Crippen LogP contribution < -0.4 is 10.6 Å². The first-order chi connectivity index (χ1) is 15.7. The minimum Gasteiger partial charge on any atom is -0.350 e. The molecule has 8 heteroatoms. The number of piperidine rings is 1. The number of hydrogen-bond acceptors (Lipinski definition) is 6. The summed E-state index contributed by atoms with van der Waals surface area (Å²) in [5.41, 5.74) is 4.23. The fourth-order valence-electron chi connectivity index (χ4n) is 4.38. The van der Waals surface area contributed by atoms with Gasteiger partial charge in [0.05, 0.1) is 11.9 Å². The molecule has 0 aliphatic carbocycles. The maximum atomic E-state index is 4.93. The highest BCUT2D eigenvalue weighted by atomic mass is 15.3. The van der Waals surface area contributed by atoms with Crippen LogP contribution in [-0.2, 0) is 13.0 Å². The number of nitrogens with one attached hydrogen (secondary N) is 2. The molecule has 1 unspecified atom stereocenters. The number of fused-ring (bicyclic) bond motifs is 1. The Morgan fingerprint density at radius 1 is 1.16 bits per heavy atom. The van der Waals surface area contributed by atoms with Crippen LogP contribution in [0.5, 0.6) is 0 Å². The molecule has 0 saturated carbocycles. The first kappa shape index (κ1) is 20.6. The second-order valence-corrected chi connectivity index (χ2v) is 8.80. The Balaban J connectivity index is 1.46. The molecule has 1 saturated heterocycles. The van der Waals surface area contributed by atoms with Gasteiger partial charge in [0.1, 0.15) is 5.82 Å². The summed E-state index contributed by atoms with van der Waals surface area (Å²) in [6.07, 6.45) is 8.99. The third-order valence-corrected chi connectivity index (χ3v) is 6.11. The summed E-state index contributed by atoms with van der Waals surface area (Å²) >= 11 is 0. The van der Waals surface area contributed by atoms with Gasteiger partial charge in [-0.3, -0.25) is 0 Å². The molecule has 0 amide bonds. The number of aromatic nitrogens is 6. The lowest BCUT2D eigenvalue weighted by Gasteiger charge is -2.22. The van der Waals surface area contributed by atoms with E-state index in [1.165, 1.54) is 12.8 Å². The standard InChI is InChI=1S/C24H30N8/c1-17(2)20-16-28-32-23(20)29-22(13-18-7-5-10-25-14-18)30-24(32)26-15-19-8-3-4-9-21(19)31-12-6-11-27-31/h3-4,6,8-9,11-12,16-18,25H,5,7,10,13-15H2,1-2H3,(H,26,29,30). The summed E-state index contributed by atoms with van der Waals surface area (Å²) in [6, 6.07) is 10.2. The Labute approximate surface area is 188 Å². The molecule has 4 aromatic rings. The molecule has 4 heterocycles. The van der Waals surface area contributed by atoms with E-state index in [2.05, 4.69) is 46.8 Å². The van der Waals surface area contributed by atoms with Gasteiger partial charge in [0.2, 0.25) is 5.95 Å². The monoisotopic (exact) mass is 430 g/mol. The van der Waals surface area contributed by atoms with Crippen LogP contribution in [0.2, 0.25) is 0 Å². The molecular weight excluding hydrogens is 400 g/mol. The van der Waals surface area contributed by atoms with Crippen molar-refractivity contribution in [1.82, 2.24) is 34.7 Å². The van der Waals surface area contributed by atoms with Gasteiger partial charge in [0, 0.05) is 30.9 Å². The molecule has 1 aliphatic heterocycles. The lowest BCUT2D eigenvalue weighted by molar-refractivity contribution is 0.370. The topological polar surface area (TPSA) is 85.0 Å². The largest absolute Gasteiger partial charge is 0.350 e. The van der Waals surface area contributed by atoms with Gasteiger partial charge >= 0.3 is 0 Å². The van der Waals surface area contributed by atoms with Gasteiger partial charge in [-0.2, -0.15) is 19.7 Å². The summed E-state index contributed by atoms with van der Waals surface area (Å²) in [7, 11) is 0. The first-order valence-electron chi connectivity index (χ1n) is 11.5. The normalized spacial score (nSPS) is 16.7. The van der Waals surface area contributed by atoms with Gasteiger partial charge in [0.15, 0.2) is 5.65 Å². The fraction of sp³-hybridized carbons (Fsp3) is 0.417. The molecule has 3 aromatic heterocycles. The van der Waals surface area contributed by atoms with Gasteiger partial charge < -0.3 is 10.6 Å². The zero-order chi connectivity index (χ0) is 21.9. The molecule has 1 aromatic carbocycles.